The van der Waals surface area contributed by atoms with E-state index >= 15 is 0 Å². The molecule has 3 aromatic rings. The summed E-state index contributed by atoms with van der Waals surface area (Å²) in [4.78, 5) is 12.8. The highest BCUT2D eigenvalue weighted by Gasteiger charge is 2.12. The van der Waals surface area contributed by atoms with Crippen LogP contribution in [0.2, 0.25) is 0 Å². The van der Waals surface area contributed by atoms with Gasteiger partial charge in [-0.15, -0.1) is 5.10 Å². The van der Waals surface area contributed by atoms with Gasteiger partial charge in [-0.1, -0.05) is 17.9 Å². The minimum atomic E-state index is -1.10. The smallest absolute Gasteiger partial charge is 0.274 e. The van der Waals surface area contributed by atoms with Crippen molar-refractivity contribution in [3.63, 3.8) is 0 Å². The lowest BCUT2D eigenvalue weighted by atomic mass is 10.1. The number of phenols is 1. The summed E-state index contributed by atoms with van der Waals surface area (Å²) in [7, 11) is 0. The molecule has 2 aromatic carbocycles. The zero-order valence-corrected chi connectivity index (χ0v) is 14.9. The van der Waals surface area contributed by atoms with Crippen molar-refractivity contribution >= 4 is 17.0 Å². The van der Waals surface area contributed by atoms with Crippen molar-refractivity contribution < 1.29 is 13.9 Å². The minimum absolute atomic E-state index is 0.148. The zero-order chi connectivity index (χ0) is 20.4. The fraction of sp³-hybridized carbons (Fsp3) is 0.150. The maximum atomic E-state index is 13.5. The molecule has 1 aliphatic heterocycles. The average molecular weight is 393 g/mol. The highest BCUT2D eigenvalue weighted by atomic mass is 19.1. The first kappa shape index (κ1) is 18.4. The van der Waals surface area contributed by atoms with E-state index in [4.69, 9.17) is 0 Å². The molecule has 1 unspecified atom stereocenters. The monoisotopic (exact) mass is 393 g/mol. The standard InChI is InChI=1S/C20H13F2N5O2/c21-17-7-13(8-18(22)19(17)28)11-27-20(29)16-6-12(4-5-14(16)9-24-27)2-1-3-15-10-23-26-25-15/h4-10,15,28H,3,11H2. The van der Waals surface area contributed by atoms with E-state index in [1.54, 1.807) is 24.4 Å². The van der Waals surface area contributed by atoms with Crippen molar-refractivity contribution in [2.24, 2.45) is 15.4 Å². The molecule has 1 aromatic heterocycles. The zero-order valence-electron chi connectivity index (χ0n) is 14.9. The van der Waals surface area contributed by atoms with E-state index in [9.17, 15) is 18.7 Å². The van der Waals surface area contributed by atoms with Gasteiger partial charge < -0.3 is 5.11 Å². The van der Waals surface area contributed by atoms with E-state index < -0.39 is 22.9 Å². The van der Waals surface area contributed by atoms with Gasteiger partial charge in [0, 0.05) is 17.4 Å². The van der Waals surface area contributed by atoms with E-state index in [2.05, 4.69) is 32.4 Å². The first-order chi connectivity index (χ1) is 14.0. The molecule has 1 N–H and O–H groups in total. The van der Waals surface area contributed by atoms with Gasteiger partial charge in [-0.25, -0.2) is 13.5 Å². The number of phenolic OH excluding ortho intramolecular Hbond substituents is 1. The maximum Gasteiger partial charge on any atom is 0.274 e. The minimum Gasteiger partial charge on any atom is -0.503 e. The Labute approximate surface area is 163 Å². The molecule has 0 bridgehead atoms. The first-order valence-corrected chi connectivity index (χ1v) is 8.60. The number of hydrogen-bond donors (Lipinski definition) is 1. The number of halogens is 2. The molecule has 29 heavy (non-hydrogen) atoms. The number of aromatic hydroxyl groups is 1. The molecule has 7 nitrogen and oxygen atoms in total. The topological polar surface area (TPSA) is 92.2 Å². The Hall–Kier alpha value is -3.93. The van der Waals surface area contributed by atoms with Crippen LogP contribution in [0.25, 0.3) is 10.8 Å². The Bertz CT molecular complexity index is 1250. The van der Waals surface area contributed by atoms with Gasteiger partial charge in [0.15, 0.2) is 17.4 Å². The van der Waals surface area contributed by atoms with Gasteiger partial charge in [0.25, 0.3) is 5.56 Å². The third-order valence-electron chi connectivity index (χ3n) is 4.30. The summed E-state index contributed by atoms with van der Waals surface area (Å²) in [6, 6.07) is 6.91. The van der Waals surface area contributed by atoms with Crippen molar-refractivity contribution in [3.8, 4) is 17.6 Å². The largest absolute Gasteiger partial charge is 0.503 e. The Morgan fingerprint density at radius 3 is 2.69 bits per heavy atom. The summed E-state index contributed by atoms with van der Waals surface area (Å²) in [5.41, 5.74) is 0.382. The van der Waals surface area contributed by atoms with Crippen LogP contribution < -0.4 is 5.56 Å². The van der Waals surface area contributed by atoms with E-state index in [1.807, 2.05) is 0 Å². The molecular weight excluding hydrogens is 380 g/mol. The Balaban J connectivity index is 1.64. The second-order valence-corrected chi connectivity index (χ2v) is 6.36. The van der Waals surface area contributed by atoms with Gasteiger partial charge in [-0.3, -0.25) is 4.79 Å². The molecule has 0 fully saturated rings. The van der Waals surface area contributed by atoms with Gasteiger partial charge in [0.1, 0.15) is 6.04 Å². The summed E-state index contributed by atoms with van der Waals surface area (Å²) < 4.78 is 28.2. The quantitative estimate of drug-likeness (QED) is 0.694. The molecule has 1 aliphatic rings. The summed E-state index contributed by atoms with van der Waals surface area (Å²) in [5, 5.41) is 25.3. The van der Waals surface area contributed by atoms with E-state index in [0.29, 0.717) is 22.8 Å². The summed E-state index contributed by atoms with van der Waals surface area (Å²) in [6.07, 6.45) is 3.56. The van der Waals surface area contributed by atoms with Crippen LogP contribution in [0.15, 0.2) is 56.8 Å². The first-order valence-electron chi connectivity index (χ1n) is 8.60. The van der Waals surface area contributed by atoms with Crippen LogP contribution in [0.3, 0.4) is 0 Å². The highest BCUT2D eigenvalue weighted by Crippen LogP contribution is 2.21. The number of rotatable bonds is 3. The van der Waals surface area contributed by atoms with Crippen LogP contribution in [0.4, 0.5) is 8.78 Å². The normalized spacial score (nSPS) is 14.9. The average Bonchev–Trinajstić information content (AvgIpc) is 3.22. The molecule has 0 saturated carbocycles. The fourth-order valence-electron chi connectivity index (χ4n) is 2.83. The summed E-state index contributed by atoms with van der Waals surface area (Å²) >= 11 is 0. The molecule has 0 saturated heterocycles. The van der Waals surface area contributed by atoms with Crippen LogP contribution in [0.1, 0.15) is 17.5 Å². The molecular formula is C20H13F2N5O2. The molecule has 0 aliphatic carbocycles. The van der Waals surface area contributed by atoms with Crippen LogP contribution in [-0.2, 0) is 6.54 Å². The van der Waals surface area contributed by atoms with E-state index in [0.717, 1.165) is 16.8 Å². The third-order valence-corrected chi connectivity index (χ3v) is 4.30. The number of fused-ring (bicyclic) bond motifs is 1. The second kappa shape index (κ2) is 7.59. The lowest BCUT2D eigenvalue weighted by Gasteiger charge is -2.08. The van der Waals surface area contributed by atoms with Crippen molar-refractivity contribution in [1.82, 2.24) is 9.78 Å². The fourth-order valence-corrected chi connectivity index (χ4v) is 2.83. The molecule has 2 heterocycles. The van der Waals surface area contributed by atoms with Gasteiger partial charge in [-0.05, 0) is 35.1 Å². The van der Waals surface area contributed by atoms with E-state index in [1.165, 1.54) is 6.20 Å². The number of nitrogens with zero attached hydrogens (tertiary/aromatic N) is 5. The highest BCUT2D eigenvalue weighted by molar-refractivity contribution is 5.82. The molecule has 144 valence electrons. The van der Waals surface area contributed by atoms with Crippen molar-refractivity contribution in [1.29, 1.82) is 0 Å². The maximum absolute atomic E-state index is 13.5. The summed E-state index contributed by atoms with van der Waals surface area (Å²) in [5.74, 6) is 2.69. The number of hydrogen-bond acceptors (Lipinski definition) is 6. The Kier molecular flexibility index (Phi) is 4.83. The Morgan fingerprint density at radius 2 is 1.97 bits per heavy atom. The SMILES string of the molecule is O=c1c2cc(C#CCC3C=NN=N3)ccc2cnn1Cc1cc(F)c(O)c(F)c1. The predicted octanol–water partition coefficient (Wildman–Crippen LogP) is 2.99. The Morgan fingerprint density at radius 1 is 1.17 bits per heavy atom. The lowest BCUT2D eigenvalue weighted by molar-refractivity contribution is 0.395. The predicted molar refractivity (Wildman–Crippen MR) is 102 cm³/mol. The van der Waals surface area contributed by atoms with Crippen molar-refractivity contribution in [3.05, 3.63) is 69.6 Å². The molecule has 0 radical (unpaired) electrons. The van der Waals surface area contributed by atoms with Gasteiger partial charge >= 0.3 is 0 Å². The summed E-state index contributed by atoms with van der Waals surface area (Å²) in [6.45, 7) is -0.148. The molecule has 9 heteroatoms. The van der Waals surface area contributed by atoms with Crippen LogP contribution in [-0.4, -0.2) is 27.1 Å². The van der Waals surface area contributed by atoms with Crippen LogP contribution in [0, 0.1) is 23.5 Å². The second-order valence-electron chi connectivity index (χ2n) is 6.36. The lowest BCUT2D eigenvalue weighted by Crippen LogP contribution is -2.23. The molecule has 0 spiro atoms. The van der Waals surface area contributed by atoms with Gasteiger partial charge in [-0.2, -0.15) is 10.2 Å². The number of aromatic nitrogens is 2. The molecule has 1 atom stereocenters. The van der Waals surface area contributed by atoms with E-state index in [-0.39, 0.29) is 18.2 Å². The van der Waals surface area contributed by atoms with Gasteiger partial charge in [0.05, 0.1) is 24.3 Å². The number of benzene rings is 2. The van der Waals surface area contributed by atoms with Crippen molar-refractivity contribution in [2.45, 2.75) is 19.0 Å². The van der Waals surface area contributed by atoms with Gasteiger partial charge in [0.2, 0.25) is 0 Å². The van der Waals surface area contributed by atoms with Crippen molar-refractivity contribution in [2.75, 3.05) is 0 Å². The van der Waals surface area contributed by atoms with Crippen LogP contribution >= 0.6 is 0 Å². The third kappa shape index (κ3) is 3.87. The molecule has 4 rings (SSSR count). The molecule has 0 amide bonds. The van der Waals surface area contributed by atoms with Crippen LogP contribution in [0.5, 0.6) is 5.75 Å².